The monoisotopic (exact) mass is 311 g/mol. The molecule has 1 amide bonds. The van der Waals surface area contributed by atoms with E-state index < -0.39 is 0 Å². The largest absolute Gasteiger partial charge is 0.330 e. The van der Waals surface area contributed by atoms with Crippen molar-refractivity contribution in [2.24, 2.45) is 0 Å². The SMILES string of the molecule is CC#Cc1ncn2c1[C@@H]1CCCN1C(=O)c1c(Cl)cccc1-2. The van der Waals surface area contributed by atoms with Crippen molar-refractivity contribution in [3.63, 3.8) is 0 Å². The Morgan fingerprint density at radius 3 is 3.09 bits per heavy atom. The minimum atomic E-state index is 0.00204. The van der Waals surface area contributed by atoms with Crippen molar-refractivity contribution in [1.82, 2.24) is 14.5 Å². The zero-order chi connectivity index (χ0) is 15.3. The summed E-state index contributed by atoms with van der Waals surface area (Å²) in [5, 5.41) is 0.484. The van der Waals surface area contributed by atoms with E-state index in [4.69, 9.17) is 11.6 Å². The van der Waals surface area contributed by atoms with Gasteiger partial charge >= 0.3 is 0 Å². The second-order valence-electron chi connectivity index (χ2n) is 5.51. The number of aromatic nitrogens is 2. The average molecular weight is 312 g/mol. The van der Waals surface area contributed by atoms with Gasteiger partial charge in [-0.3, -0.25) is 9.36 Å². The van der Waals surface area contributed by atoms with Crippen molar-refractivity contribution in [2.75, 3.05) is 6.54 Å². The molecular formula is C17H14ClN3O. The highest BCUT2D eigenvalue weighted by Gasteiger charge is 2.39. The van der Waals surface area contributed by atoms with Crippen molar-refractivity contribution in [3.05, 3.63) is 46.5 Å². The summed E-state index contributed by atoms with van der Waals surface area (Å²) >= 11 is 6.33. The van der Waals surface area contributed by atoms with Crippen LogP contribution in [0.15, 0.2) is 24.5 Å². The average Bonchev–Trinajstić information content (AvgIpc) is 3.11. The fourth-order valence-corrected chi connectivity index (χ4v) is 3.70. The van der Waals surface area contributed by atoms with E-state index in [1.165, 1.54) is 0 Å². The van der Waals surface area contributed by atoms with Crippen LogP contribution in [0.25, 0.3) is 5.69 Å². The molecule has 3 heterocycles. The molecule has 22 heavy (non-hydrogen) atoms. The zero-order valence-corrected chi connectivity index (χ0v) is 12.9. The maximum atomic E-state index is 12.9. The summed E-state index contributed by atoms with van der Waals surface area (Å²) in [6.45, 7) is 2.54. The standard InChI is InChI=1S/C17H14ClN3O/c1-2-5-12-16-14-8-4-9-20(14)17(22)15-11(18)6-3-7-13(15)21(16)10-19-12/h3,6-7,10,14H,4,8-9H2,1H3/t14-/m0/s1. The van der Waals surface area contributed by atoms with E-state index >= 15 is 0 Å². The lowest BCUT2D eigenvalue weighted by Crippen LogP contribution is -2.30. The number of hydrogen-bond acceptors (Lipinski definition) is 2. The first-order valence-corrected chi connectivity index (χ1v) is 7.70. The van der Waals surface area contributed by atoms with Gasteiger partial charge in [-0.1, -0.05) is 23.6 Å². The summed E-state index contributed by atoms with van der Waals surface area (Å²) in [6, 6.07) is 5.56. The molecule has 0 N–H and O–H groups in total. The first-order valence-electron chi connectivity index (χ1n) is 7.32. The highest BCUT2D eigenvalue weighted by atomic mass is 35.5. The number of halogens is 1. The van der Waals surface area contributed by atoms with E-state index in [0.29, 0.717) is 10.6 Å². The third-order valence-electron chi connectivity index (χ3n) is 4.34. The van der Waals surface area contributed by atoms with Gasteiger partial charge in [0.1, 0.15) is 12.0 Å². The van der Waals surface area contributed by atoms with Crippen molar-refractivity contribution in [1.29, 1.82) is 0 Å². The van der Waals surface area contributed by atoms with Crippen LogP contribution in [0.2, 0.25) is 5.02 Å². The van der Waals surface area contributed by atoms with Gasteiger partial charge in [0, 0.05) is 6.54 Å². The predicted octanol–water partition coefficient (Wildman–Crippen LogP) is 3.19. The molecule has 0 bridgehead atoms. The number of carbonyl (C=O) groups is 1. The van der Waals surface area contributed by atoms with Crippen molar-refractivity contribution in [2.45, 2.75) is 25.8 Å². The Bertz CT molecular complexity index is 843. The number of amides is 1. The van der Waals surface area contributed by atoms with Gasteiger partial charge < -0.3 is 4.90 Å². The third kappa shape index (κ3) is 1.72. The molecule has 0 radical (unpaired) electrons. The van der Waals surface area contributed by atoms with Crippen LogP contribution in [0.1, 0.15) is 47.6 Å². The van der Waals surface area contributed by atoms with E-state index in [1.54, 1.807) is 19.3 Å². The van der Waals surface area contributed by atoms with Gasteiger partial charge in [0.25, 0.3) is 5.91 Å². The Morgan fingerprint density at radius 2 is 2.27 bits per heavy atom. The highest BCUT2D eigenvalue weighted by molar-refractivity contribution is 6.34. The van der Waals surface area contributed by atoms with Crippen LogP contribution < -0.4 is 0 Å². The lowest BCUT2D eigenvalue weighted by atomic mass is 10.1. The summed E-state index contributed by atoms with van der Waals surface area (Å²) in [5.74, 6) is 5.98. The minimum Gasteiger partial charge on any atom is -0.330 e. The van der Waals surface area contributed by atoms with Crippen LogP contribution in [0.4, 0.5) is 0 Å². The Hall–Kier alpha value is -2.25. The van der Waals surface area contributed by atoms with Crippen LogP contribution in [0.5, 0.6) is 0 Å². The van der Waals surface area contributed by atoms with E-state index in [2.05, 4.69) is 16.8 Å². The van der Waals surface area contributed by atoms with Gasteiger partial charge in [-0.2, -0.15) is 0 Å². The first kappa shape index (κ1) is 13.4. The maximum Gasteiger partial charge on any atom is 0.258 e. The molecule has 1 aromatic carbocycles. The molecule has 1 fully saturated rings. The minimum absolute atomic E-state index is 0.00204. The van der Waals surface area contributed by atoms with Gasteiger partial charge in [-0.15, -0.1) is 0 Å². The van der Waals surface area contributed by atoms with E-state index in [-0.39, 0.29) is 11.9 Å². The van der Waals surface area contributed by atoms with Crippen LogP contribution >= 0.6 is 11.6 Å². The molecule has 1 saturated heterocycles. The van der Waals surface area contributed by atoms with Crippen LogP contribution in [0.3, 0.4) is 0 Å². The Balaban J connectivity index is 2.07. The summed E-state index contributed by atoms with van der Waals surface area (Å²) in [6.07, 6.45) is 3.67. The van der Waals surface area contributed by atoms with Crippen LogP contribution in [-0.2, 0) is 0 Å². The van der Waals surface area contributed by atoms with E-state index in [0.717, 1.165) is 36.5 Å². The molecule has 4 nitrogen and oxygen atoms in total. The molecule has 1 aromatic heterocycles. The van der Waals surface area contributed by atoms with Crippen molar-refractivity contribution in [3.8, 4) is 17.5 Å². The first-order chi connectivity index (χ1) is 10.7. The summed E-state index contributed by atoms with van der Waals surface area (Å²) in [5.41, 5.74) is 3.10. The number of hydrogen-bond donors (Lipinski definition) is 0. The Kier molecular flexibility index (Phi) is 2.98. The van der Waals surface area contributed by atoms with Crippen molar-refractivity contribution < 1.29 is 4.79 Å². The van der Waals surface area contributed by atoms with Crippen LogP contribution in [-0.4, -0.2) is 26.9 Å². The molecule has 2 aromatic rings. The Labute approximate surface area is 133 Å². The van der Waals surface area contributed by atoms with Gasteiger partial charge in [-0.05, 0) is 37.8 Å². The summed E-state index contributed by atoms with van der Waals surface area (Å²) in [7, 11) is 0. The zero-order valence-electron chi connectivity index (χ0n) is 12.1. The lowest BCUT2D eigenvalue weighted by Gasteiger charge is -2.22. The molecule has 1 atom stereocenters. The molecule has 2 aliphatic heterocycles. The quantitative estimate of drug-likeness (QED) is 0.701. The number of nitrogens with zero attached hydrogens (tertiary/aromatic N) is 3. The van der Waals surface area contributed by atoms with Gasteiger partial charge in [0.15, 0.2) is 0 Å². The number of rotatable bonds is 0. The fourth-order valence-electron chi connectivity index (χ4n) is 3.45. The van der Waals surface area contributed by atoms with E-state index in [1.807, 2.05) is 21.6 Å². The number of carbonyl (C=O) groups excluding carboxylic acids is 1. The van der Waals surface area contributed by atoms with Gasteiger partial charge in [-0.25, -0.2) is 4.98 Å². The molecule has 0 saturated carbocycles. The van der Waals surface area contributed by atoms with Gasteiger partial charge in [0.05, 0.1) is 28.0 Å². The lowest BCUT2D eigenvalue weighted by molar-refractivity contribution is 0.0738. The molecule has 0 unspecified atom stereocenters. The third-order valence-corrected chi connectivity index (χ3v) is 4.66. The maximum absolute atomic E-state index is 12.9. The van der Waals surface area contributed by atoms with Gasteiger partial charge in [0.2, 0.25) is 0 Å². The Morgan fingerprint density at radius 1 is 1.41 bits per heavy atom. The van der Waals surface area contributed by atoms with E-state index in [9.17, 15) is 4.79 Å². The smallest absolute Gasteiger partial charge is 0.258 e. The summed E-state index contributed by atoms with van der Waals surface area (Å²) in [4.78, 5) is 19.3. The fraction of sp³-hybridized carbons (Fsp3) is 0.294. The number of imidazole rings is 1. The topological polar surface area (TPSA) is 38.1 Å². The number of benzene rings is 1. The second-order valence-corrected chi connectivity index (χ2v) is 5.92. The van der Waals surface area contributed by atoms with Crippen molar-refractivity contribution >= 4 is 17.5 Å². The number of fused-ring (bicyclic) bond motifs is 5. The molecular weight excluding hydrogens is 298 g/mol. The van der Waals surface area contributed by atoms with Crippen LogP contribution in [0, 0.1) is 11.8 Å². The molecule has 4 rings (SSSR count). The molecule has 110 valence electrons. The molecule has 0 spiro atoms. The molecule has 0 aliphatic carbocycles. The summed E-state index contributed by atoms with van der Waals surface area (Å²) < 4.78 is 1.98. The highest BCUT2D eigenvalue weighted by Crippen LogP contribution is 2.41. The normalized spacial score (nSPS) is 18.9. The molecule has 5 heteroatoms. The predicted molar refractivity (Wildman–Crippen MR) is 84.1 cm³/mol. The molecule has 2 aliphatic rings. The second kappa shape index (κ2) is 4.89.